The molecule has 0 saturated carbocycles. The Kier molecular flexibility index (Phi) is 5.01. The van der Waals surface area contributed by atoms with Gasteiger partial charge in [-0.3, -0.25) is 4.79 Å². The minimum absolute atomic E-state index is 0.0159. The molecule has 2 heterocycles. The number of rotatable bonds is 2. The zero-order valence-electron chi connectivity index (χ0n) is 11.5. The fourth-order valence-electron chi connectivity index (χ4n) is 2.76. The fraction of sp³-hybridized carbons (Fsp3) is 0.846. The molecule has 6 nitrogen and oxygen atoms in total. The van der Waals surface area contributed by atoms with Crippen LogP contribution in [0.15, 0.2) is 0 Å². The number of amides is 2. The fourth-order valence-corrected chi connectivity index (χ4v) is 2.76. The van der Waals surface area contributed by atoms with Crippen molar-refractivity contribution in [1.29, 1.82) is 0 Å². The van der Waals surface area contributed by atoms with Crippen LogP contribution in [0.4, 0.5) is 4.79 Å². The molecule has 2 amide bonds. The lowest BCUT2D eigenvalue weighted by atomic mass is 10.1. The number of carbonyl (C=O) groups is 2. The van der Waals surface area contributed by atoms with Crippen molar-refractivity contribution in [2.24, 2.45) is 0 Å². The van der Waals surface area contributed by atoms with E-state index in [2.05, 4.69) is 15.4 Å². The Labute approximate surface area is 113 Å². The minimum atomic E-state index is -0.424. The number of ether oxygens (including phenoxy) is 1. The molecule has 2 aliphatic rings. The lowest BCUT2D eigenvalue weighted by Crippen LogP contribution is -2.46. The molecular weight excluding hydrogens is 246 g/mol. The number of nitrogens with zero attached hydrogens (tertiary/aromatic N) is 1. The van der Waals surface area contributed by atoms with Crippen molar-refractivity contribution >= 4 is 12.0 Å². The van der Waals surface area contributed by atoms with Gasteiger partial charge < -0.3 is 20.3 Å². The smallest absolute Gasteiger partial charge is 0.407 e. The molecule has 0 aromatic rings. The monoisotopic (exact) mass is 269 g/mol. The molecule has 2 N–H and O–H groups in total. The highest BCUT2D eigenvalue weighted by atomic mass is 16.5. The first-order valence-electron chi connectivity index (χ1n) is 7.07. The maximum Gasteiger partial charge on any atom is 0.407 e. The van der Waals surface area contributed by atoms with Crippen LogP contribution in [0.5, 0.6) is 0 Å². The van der Waals surface area contributed by atoms with E-state index in [-0.39, 0.29) is 18.0 Å². The first-order valence-corrected chi connectivity index (χ1v) is 7.07. The number of likely N-dealkylation sites (tertiary alicyclic amines) is 1. The second-order valence-electron chi connectivity index (χ2n) is 5.26. The molecule has 0 radical (unpaired) electrons. The average molecular weight is 269 g/mol. The zero-order chi connectivity index (χ0) is 13.7. The van der Waals surface area contributed by atoms with Crippen LogP contribution in [0, 0.1) is 0 Å². The van der Waals surface area contributed by atoms with Crippen molar-refractivity contribution in [3.8, 4) is 0 Å². The molecule has 0 bridgehead atoms. The first kappa shape index (κ1) is 14.1. The molecule has 2 saturated heterocycles. The topological polar surface area (TPSA) is 70.7 Å². The van der Waals surface area contributed by atoms with Crippen LogP contribution < -0.4 is 10.6 Å². The quantitative estimate of drug-likeness (QED) is 0.765. The van der Waals surface area contributed by atoms with Crippen LogP contribution in [-0.2, 0) is 9.53 Å². The summed E-state index contributed by atoms with van der Waals surface area (Å²) in [4.78, 5) is 25.4. The lowest BCUT2D eigenvalue weighted by Gasteiger charge is -2.23. The third kappa shape index (κ3) is 3.83. The number of nitrogens with one attached hydrogen (secondary N) is 2. The van der Waals surface area contributed by atoms with Gasteiger partial charge >= 0.3 is 6.09 Å². The maximum absolute atomic E-state index is 12.4. The Morgan fingerprint density at radius 2 is 2.11 bits per heavy atom. The lowest BCUT2D eigenvalue weighted by molar-refractivity contribution is -0.132. The molecule has 0 aromatic carbocycles. The van der Waals surface area contributed by atoms with E-state index < -0.39 is 6.09 Å². The molecule has 19 heavy (non-hydrogen) atoms. The summed E-state index contributed by atoms with van der Waals surface area (Å²) < 4.78 is 4.57. The Morgan fingerprint density at radius 3 is 2.89 bits per heavy atom. The molecule has 0 aromatic heterocycles. The van der Waals surface area contributed by atoms with Gasteiger partial charge in [-0.25, -0.2) is 4.79 Å². The molecular formula is C13H23N3O3. The number of hydrogen-bond donors (Lipinski definition) is 2. The van der Waals surface area contributed by atoms with Gasteiger partial charge in [0.05, 0.1) is 19.2 Å². The SMILES string of the molecule is COC(=O)NC1CCN(C(=O)C2CCCCCN2)C1. The van der Waals surface area contributed by atoms with Crippen molar-refractivity contribution in [3.63, 3.8) is 0 Å². The van der Waals surface area contributed by atoms with Gasteiger partial charge in [0, 0.05) is 13.1 Å². The predicted octanol–water partition coefficient (Wildman–Crippen LogP) is 0.475. The summed E-state index contributed by atoms with van der Waals surface area (Å²) in [6.45, 7) is 2.23. The van der Waals surface area contributed by atoms with Crippen LogP contribution in [0.3, 0.4) is 0 Å². The molecule has 6 heteroatoms. The molecule has 2 atom stereocenters. The summed E-state index contributed by atoms with van der Waals surface area (Å²) in [5.41, 5.74) is 0. The maximum atomic E-state index is 12.4. The summed E-state index contributed by atoms with van der Waals surface area (Å²) in [5, 5.41) is 6.07. The van der Waals surface area contributed by atoms with Gasteiger partial charge in [-0.1, -0.05) is 12.8 Å². The first-order chi connectivity index (χ1) is 9.20. The van der Waals surface area contributed by atoms with E-state index in [9.17, 15) is 9.59 Å². The summed E-state index contributed by atoms with van der Waals surface area (Å²) in [5.74, 6) is 0.177. The van der Waals surface area contributed by atoms with Gasteiger partial charge in [0.25, 0.3) is 0 Å². The van der Waals surface area contributed by atoms with E-state index in [1.165, 1.54) is 13.5 Å². The molecule has 2 unspecified atom stereocenters. The zero-order valence-corrected chi connectivity index (χ0v) is 11.5. The van der Waals surface area contributed by atoms with Gasteiger partial charge in [-0.05, 0) is 25.8 Å². The summed E-state index contributed by atoms with van der Waals surface area (Å²) in [6, 6.07) is -0.0263. The van der Waals surface area contributed by atoms with Crippen LogP contribution >= 0.6 is 0 Å². The van der Waals surface area contributed by atoms with E-state index in [0.29, 0.717) is 13.1 Å². The molecule has 2 aliphatic heterocycles. The largest absolute Gasteiger partial charge is 0.453 e. The molecule has 108 valence electrons. The molecule has 2 rings (SSSR count). The second-order valence-corrected chi connectivity index (χ2v) is 5.26. The normalized spacial score (nSPS) is 27.7. The number of carbonyl (C=O) groups excluding carboxylic acids is 2. The van der Waals surface area contributed by atoms with Crippen molar-refractivity contribution in [1.82, 2.24) is 15.5 Å². The highest BCUT2D eigenvalue weighted by molar-refractivity contribution is 5.82. The summed E-state index contributed by atoms with van der Waals surface area (Å²) in [7, 11) is 1.35. The number of methoxy groups -OCH3 is 1. The van der Waals surface area contributed by atoms with Crippen LogP contribution in [-0.4, -0.2) is 55.7 Å². The molecule has 0 aliphatic carbocycles. The molecule has 2 fully saturated rings. The summed E-state index contributed by atoms with van der Waals surface area (Å²) >= 11 is 0. The van der Waals surface area contributed by atoms with E-state index in [1.807, 2.05) is 4.90 Å². The second kappa shape index (κ2) is 6.75. The third-order valence-electron chi connectivity index (χ3n) is 3.87. The van der Waals surface area contributed by atoms with Crippen LogP contribution in [0.1, 0.15) is 32.1 Å². The number of alkyl carbamates (subject to hydrolysis) is 1. The Hall–Kier alpha value is -1.30. The van der Waals surface area contributed by atoms with Gasteiger partial charge in [-0.15, -0.1) is 0 Å². The van der Waals surface area contributed by atoms with Gasteiger partial charge in [0.1, 0.15) is 0 Å². The van der Waals surface area contributed by atoms with Gasteiger partial charge in [-0.2, -0.15) is 0 Å². The highest BCUT2D eigenvalue weighted by Crippen LogP contribution is 2.15. The van der Waals surface area contributed by atoms with Crippen LogP contribution in [0.2, 0.25) is 0 Å². The minimum Gasteiger partial charge on any atom is -0.453 e. The van der Waals surface area contributed by atoms with E-state index in [1.54, 1.807) is 0 Å². The van der Waals surface area contributed by atoms with Crippen molar-refractivity contribution in [2.45, 2.75) is 44.2 Å². The highest BCUT2D eigenvalue weighted by Gasteiger charge is 2.31. The molecule has 0 spiro atoms. The Balaban J connectivity index is 1.82. The average Bonchev–Trinajstić information content (AvgIpc) is 2.71. The Morgan fingerprint density at radius 1 is 1.26 bits per heavy atom. The standard InChI is InChI=1S/C13H23N3O3/c1-19-13(18)15-10-6-8-16(9-10)12(17)11-5-3-2-4-7-14-11/h10-11,14H,2-9H2,1H3,(H,15,18). The van der Waals surface area contributed by atoms with E-state index >= 15 is 0 Å². The Bertz CT molecular complexity index is 327. The predicted molar refractivity (Wildman–Crippen MR) is 70.8 cm³/mol. The van der Waals surface area contributed by atoms with Gasteiger partial charge in [0.2, 0.25) is 5.91 Å². The van der Waals surface area contributed by atoms with E-state index in [0.717, 1.165) is 32.2 Å². The number of hydrogen-bond acceptors (Lipinski definition) is 4. The van der Waals surface area contributed by atoms with Gasteiger partial charge in [0.15, 0.2) is 0 Å². The van der Waals surface area contributed by atoms with Crippen molar-refractivity contribution in [3.05, 3.63) is 0 Å². The van der Waals surface area contributed by atoms with Crippen LogP contribution in [0.25, 0.3) is 0 Å². The summed E-state index contributed by atoms with van der Waals surface area (Å²) in [6.07, 6.45) is 4.76. The van der Waals surface area contributed by atoms with E-state index in [4.69, 9.17) is 0 Å². The van der Waals surface area contributed by atoms with Crippen molar-refractivity contribution < 1.29 is 14.3 Å². The van der Waals surface area contributed by atoms with Crippen molar-refractivity contribution in [2.75, 3.05) is 26.7 Å². The third-order valence-corrected chi connectivity index (χ3v) is 3.87.